The molecule has 198 valence electrons. The smallest absolute Gasteiger partial charge is 0.338 e. The Bertz CT molecular complexity index is 1610. The molecule has 0 amide bonds. The molecule has 2 aromatic carbocycles. The Kier molecular flexibility index (Phi) is 5.36. The molecule has 5 nitrogen and oxygen atoms in total. The number of hydrogen-bond donors (Lipinski definition) is 0. The molecule has 4 fully saturated rings. The third-order valence-corrected chi connectivity index (χ3v) is 9.88. The van der Waals surface area contributed by atoms with Crippen LogP contribution in [-0.2, 0) is 4.74 Å². The highest BCUT2D eigenvalue weighted by Crippen LogP contribution is 2.45. The summed E-state index contributed by atoms with van der Waals surface area (Å²) in [5.41, 5.74) is 5.70. The molecular weight excluding hydrogens is 484 g/mol. The lowest BCUT2D eigenvalue weighted by Gasteiger charge is -2.25. The SMILES string of the molecule is CCOC(=O)c1ccccc1-c1c2ccc(=[N+]3C4CCC3CC4)cc-2oc2cc(N3C4CCC3CC4)ccc12. The lowest BCUT2D eigenvalue weighted by atomic mass is 9.90. The van der Waals surface area contributed by atoms with Crippen molar-refractivity contribution in [2.75, 3.05) is 11.5 Å². The summed E-state index contributed by atoms with van der Waals surface area (Å²) in [4.78, 5) is 15.7. The van der Waals surface area contributed by atoms with Gasteiger partial charge >= 0.3 is 5.97 Å². The number of nitrogens with zero attached hydrogens (tertiary/aromatic N) is 2. The summed E-state index contributed by atoms with van der Waals surface area (Å²) in [5, 5.41) is 2.29. The van der Waals surface area contributed by atoms with Gasteiger partial charge in [0.2, 0.25) is 5.36 Å². The lowest BCUT2D eigenvalue weighted by molar-refractivity contribution is 0.0527. The van der Waals surface area contributed by atoms with Crippen LogP contribution in [-0.4, -0.2) is 36.7 Å². The van der Waals surface area contributed by atoms with Gasteiger partial charge in [0.05, 0.1) is 18.2 Å². The molecule has 1 aliphatic carbocycles. The van der Waals surface area contributed by atoms with Gasteiger partial charge in [-0.15, -0.1) is 0 Å². The molecule has 4 bridgehead atoms. The Hall–Kier alpha value is -3.60. The van der Waals surface area contributed by atoms with Crippen LogP contribution in [0.4, 0.5) is 5.69 Å². The Labute approximate surface area is 229 Å². The average Bonchev–Trinajstić information content (AvgIpc) is 3.77. The van der Waals surface area contributed by atoms with E-state index in [1.54, 1.807) is 0 Å². The number of carbonyl (C=O) groups excluding carboxylic acids is 1. The summed E-state index contributed by atoms with van der Waals surface area (Å²) in [6.07, 6.45) is 10.3. The van der Waals surface area contributed by atoms with Gasteiger partial charge < -0.3 is 14.1 Å². The van der Waals surface area contributed by atoms with Crippen LogP contribution in [0.5, 0.6) is 0 Å². The van der Waals surface area contributed by atoms with E-state index >= 15 is 0 Å². The molecule has 5 heterocycles. The molecule has 0 spiro atoms. The average molecular weight is 520 g/mol. The molecule has 5 heteroatoms. The highest BCUT2D eigenvalue weighted by Gasteiger charge is 2.44. The van der Waals surface area contributed by atoms with Gasteiger partial charge in [-0.3, -0.25) is 0 Å². The van der Waals surface area contributed by atoms with Gasteiger partial charge in [0.25, 0.3) is 0 Å². The molecule has 6 aliphatic rings. The minimum absolute atomic E-state index is 0.286. The third kappa shape index (κ3) is 3.58. The van der Waals surface area contributed by atoms with Gasteiger partial charge in [-0.1, -0.05) is 18.2 Å². The Morgan fingerprint density at radius 2 is 1.59 bits per heavy atom. The van der Waals surface area contributed by atoms with Crippen LogP contribution in [0.15, 0.2) is 65.1 Å². The Balaban J connectivity index is 1.39. The van der Waals surface area contributed by atoms with Gasteiger partial charge in [0.15, 0.2) is 12.1 Å². The van der Waals surface area contributed by atoms with E-state index < -0.39 is 0 Å². The Morgan fingerprint density at radius 3 is 2.31 bits per heavy atom. The fraction of sp³-hybridized carbons (Fsp3) is 0.412. The van der Waals surface area contributed by atoms with Crippen molar-refractivity contribution in [3.05, 3.63) is 71.6 Å². The zero-order chi connectivity index (χ0) is 26.1. The van der Waals surface area contributed by atoms with Gasteiger partial charge in [0.1, 0.15) is 11.3 Å². The van der Waals surface area contributed by atoms with Crippen molar-refractivity contribution in [2.24, 2.45) is 0 Å². The number of hydrogen-bond acceptors (Lipinski definition) is 4. The number of ether oxygens (including phenoxy) is 1. The summed E-state index contributed by atoms with van der Waals surface area (Å²) in [7, 11) is 0. The van der Waals surface area contributed by atoms with E-state index in [-0.39, 0.29) is 5.97 Å². The highest BCUT2D eigenvalue weighted by atomic mass is 16.5. The van der Waals surface area contributed by atoms with Gasteiger partial charge in [-0.25, -0.2) is 9.37 Å². The Morgan fingerprint density at radius 1 is 0.872 bits per heavy atom. The van der Waals surface area contributed by atoms with Crippen molar-refractivity contribution in [2.45, 2.75) is 82.5 Å². The van der Waals surface area contributed by atoms with E-state index in [0.717, 1.165) is 33.4 Å². The molecule has 0 atom stereocenters. The molecular formula is C34H35N2O3+. The first kappa shape index (κ1) is 23.3. The van der Waals surface area contributed by atoms with Crippen LogP contribution in [0.3, 0.4) is 0 Å². The number of anilines is 1. The molecule has 5 aliphatic heterocycles. The normalized spacial score (nSPS) is 25.4. The van der Waals surface area contributed by atoms with Crippen molar-refractivity contribution < 1.29 is 13.9 Å². The third-order valence-electron chi connectivity index (χ3n) is 9.88. The zero-order valence-electron chi connectivity index (χ0n) is 22.6. The maximum Gasteiger partial charge on any atom is 0.338 e. The van der Waals surface area contributed by atoms with Gasteiger partial charge in [-0.05, 0) is 62.4 Å². The quantitative estimate of drug-likeness (QED) is 0.173. The van der Waals surface area contributed by atoms with Crippen molar-refractivity contribution in [3.8, 4) is 22.5 Å². The van der Waals surface area contributed by atoms with E-state index in [2.05, 4.69) is 45.9 Å². The summed E-state index contributed by atoms with van der Waals surface area (Å²) in [6, 6.07) is 23.8. The molecule has 0 radical (unpaired) electrons. The first-order chi connectivity index (χ1) is 19.2. The number of rotatable bonds is 4. The van der Waals surface area contributed by atoms with Crippen molar-refractivity contribution in [3.63, 3.8) is 0 Å². The van der Waals surface area contributed by atoms with Crippen LogP contribution in [0.2, 0.25) is 0 Å². The molecule has 0 N–H and O–H groups in total. The molecule has 0 aromatic heterocycles. The molecule has 8 rings (SSSR count). The minimum Gasteiger partial charge on any atom is -0.462 e. The first-order valence-electron chi connectivity index (χ1n) is 14.9. The number of esters is 1. The molecule has 39 heavy (non-hydrogen) atoms. The molecule has 2 aromatic rings. The second-order valence-electron chi connectivity index (χ2n) is 11.8. The maximum absolute atomic E-state index is 13.1. The molecule has 0 saturated carbocycles. The van der Waals surface area contributed by atoms with E-state index in [9.17, 15) is 4.79 Å². The maximum atomic E-state index is 13.1. The second kappa shape index (κ2) is 8.97. The highest BCUT2D eigenvalue weighted by molar-refractivity contribution is 6.08. The fourth-order valence-electron chi connectivity index (χ4n) is 8.24. The first-order valence-corrected chi connectivity index (χ1v) is 14.9. The standard InChI is InChI=1S/C34H35N2O3/c1-2-38-34(37)28-6-4-3-5-27(28)33-29-17-15-25(35-21-7-8-22(35)10-9-21)19-31(29)39-32-20-26(16-18-30(32)33)36-23-11-12-24(36)14-13-23/h3-6,15-24H,2,7-14H2,1H3/q+1. The van der Waals surface area contributed by atoms with E-state index in [1.165, 1.54) is 62.4 Å². The van der Waals surface area contributed by atoms with Crippen molar-refractivity contribution in [1.29, 1.82) is 0 Å². The minimum atomic E-state index is -0.286. The number of fused-ring (bicyclic) bond motifs is 6. The predicted octanol–water partition coefficient (Wildman–Crippen LogP) is 6.61. The van der Waals surface area contributed by atoms with E-state index in [4.69, 9.17) is 9.15 Å². The van der Waals surface area contributed by atoms with Crippen molar-refractivity contribution >= 4 is 22.6 Å². The number of benzene rings is 3. The van der Waals surface area contributed by atoms with Gasteiger partial charge in [-0.2, -0.15) is 0 Å². The van der Waals surface area contributed by atoms with Crippen LogP contribution in [0, 0.1) is 0 Å². The summed E-state index contributed by atoms with van der Waals surface area (Å²) >= 11 is 0. The van der Waals surface area contributed by atoms with Crippen molar-refractivity contribution in [1.82, 2.24) is 4.58 Å². The largest absolute Gasteiger partial charge is 0.462 e. The molecule has 0 unspecified atom stereocenters. The molecule has 4 saturated heterocycles. The van der Waals surface area contributed by atoms with E-state index in [0.29, 0.717) is 36.3 Å². The second-order valence-corrected chi connectivity index (χ2v) is 11.8. The predicted molar refractivity (Wildman–Crippen MR) is 154 cm³/mol. The van der Waals surface area contributed by atoms with Crippen LogP contribution >= 0.6 is 0 Å². The zero-order valence-corrected chi connectivity index (χ0v) is 22.6. The summed E-state index contributed by atoms with van der Waals surface area (Å²) in [5.74, 6) is 0.590. The van der Waals surface area contributed by atoms with Gasteiger partial charge in [0, 0.05) is 72.1 Å². The van der Waals surface area contributed by atoms with Crippen LogP contribution < -0.4 is 14.8 Å². The number of carbonyl (C=O) groups is 1. The van der Waals surface area contributed by atoms with Crippen LogP contribution in [0.1, 0.15) is 68.6 Å². The monoisotopic (exact) mass is 519 g/mol. The van der Waals surface area contributed by atoms with E-state index in [1.807, 2.05) is 31.2 Å². The fourth-order valence-corrected chi connectivity index (χ4v) is 8.24. The topological polar surface area (TPSA) is 45.7 Å². The van der Waals surface area contributed by atoms with Crippen LogP contribution in [0.25, 0.3) is 33.4 Å². The lowest BCUT2D eigenvalue weighted by Crippen LogP contribution is -2.33. The summed E-state index contributed by atoms with van der Waals surface area (Å²) < 4.78 is 14.9. The summed E-state index contributed by atoms with van der Waals surface area (Å²) in [6.45, 7) is 2.20.